The summed E-state index contributed by atoms with van der Waals surface area (Å²) in [6.07, 6.45) is 1.41. The highest BCUT2D eigenvalue weighted by Crippen LogP contribution is 2.32. The van der Waals surface area contributed by atoms with Crippen molar-refractivity contribution in [3.8, 4) is 5.75 Å². The zero-order chi connectivity index (χ0) is 13.5. The van der Waals surface area contributed by atoms with Gasteiger partial charge in [0.2, 0.25) is 0 Å². The van der Waals surface area contributed by atoms with Gasteiger partial charge < -0.3 is 15.4 Å². The molecule has 1 aromatic carbocycles. The highest BCUT2D eigenvalue weighted by molar-refractivity contribution is 7.94. The molecule has 0 atom stereocenters. The molecule has 0 fully saturated rings. The van der Waals surface area contributed by atoms with Gasteiger partial charge in [0.1, 0.15) is 18.2 Å². The van der Waals surface area contributed by atoms with Gasteiger partial charge in [0.25, 0.3) is 10.0 Å². The molecule has 0 spiro atoms. The minimum absolute atomic E-state index is 0.0385. The van der Waals surface area contributed by atoms with Gasteiger partial charge in [0, 0.05) is 0 Å². The van der Waals surface area contributed by atoms with Gasteiger partial charge in [-0.3, -0.25) is 0 Å². The van der Waals surface area contributed by atoms with Crippen LogP contribution in [0.2, 0.25) is 0 Å². The van der Waals surface area contributed by atoms with E-state index in [-0.39, 0.29) is 17.3 Å². The number of anilines is 1. The summed E-state index contributed by atoms with van der Waals surface area (Å²) in [4.78, 5) is 2.18. The predicted octanol–water partition coefficient (Wildman–Crippen LogP) is 0.470. The minimum atomic E-state index is -3.60. The molecule has 2 N–H and O–H groups in total. The average molecular weight is 279 g/mol. The maximum atomic E-state index is 11.8. The third kappa shape index (κ3) is 2.17. The predicted molar refractivity (Wildman–Crippen MR) is 72.8 cm³/mol. The van der Waals surface area contributed by atoms with Crippen LogP contribution in [0, 0.1) is 0 Å². The topological polar surface area (TPSA) is 85.0 Å². The van der Waals surface area contributed by atoms with E-state index in [1.165, 1.54) is 6.08 Å². The second-order valence-corrected chi connectivity index (χ2v) is 6.00. The van der Waals surface area contributed by atoms with Gasteiger partial charge in [-0.1, -0.05) is 12.1 Å². The van der Waals surface area contributed by atoms with E-state index in [0.717, 1.165) is 11.4 Å². The number of hydrogen-bond donors (Lipinski definition) is 1. The van der Waals surface area contributed by atoms with E-state index in [4.69, 9.17) is 10.5 Å². The van der Waals surface area contributed by atoms with Crippen molar-refractivity contribution in [3.63, 3.8) is 0 Å². The summed E-state index contributed by atoms with van der Waals surface area (Å²) >= 11 is 0. The summed E-state index contributed by atoms with van der Waals surface area (Å²) in [7, 11) is -3.60. The van der Waals surface area contributed by atoms with Crippen LogP contribution < -0.4 is 15.4 Å². The molecule has 7 heteroatoms. The molecule has 19 heavy (non-hydrogen) atoms. The number of para-hydroxylation sites is 2. The van der Waals surface area contributed by atoms with E-state index in [0.29, 0.717) is 13.2 Å². The van der Waals surface area contributed by atoms with E-state index < -0.39 is 10.0 Å². The van der Waals surface area contributed by atoms with E-state index in [9.17, 15) is 8.42 Å². The molecule has 1 aromatic rings. The lowest BCUT2D eigenvalue weighted by Gasteiger charge is -2.31. The summed E-state index contributed by atoms with van der Waals surface area (Å²) in [6.45, 7) is 1.41. The van der Waals surface area contributed by atoms with Crippen molar-refractivity contribution in [2.45, 2.75) is 0 Å². The Morgan fingerprint density at radius 1 is 1.37 bits per heavy atom. The second-order valence-electron chi connectivity index (χ2n) is 4.34. The van der Waals surface area contributed by atoms with Crippen LogP contribution in [0.5, 0.6) is 5.75 Å². The largest absolute Gasteiger partial charge is 0.490 e. The molecular weight excluding hydrogens is 266 g/mol. The van der Waals surface area contributed by atoms with E-state index in [1.807, 2.05) is 29.2 Å². The first kappa shape index (κ1) is 12.0. The minimum Gasteiger partial charge on any atom is -0.490 e. The number of hydrogen-bond acceptors (Lipinski definition) is 5. The molecule has 0 saturated carbocycles. The number of nitrogens with zero attached hydrogens (tertiary/aromatic N) is 2. The first-order chi connectivity index (χ1) is 9.06. The van der Waals surface area contributed by atoms with Crippen molar-refractivity contribution < 1.29 is 13.2 Å². The number of amidine groups is 1. The fraction of sp³-hybridized carbons (Fsp3) is 0.250. The Bertz CT molecular complexity index is 679. The standard InChI is InChI=1S/C12H13N3O3S/c13-12-7-9(19(16,17)14-12)8-15-5-6-18-11-4-2-1-3-10(11)15/h1-4,7H,5-6,8H2,(H2,13,14). The fourth-order valence-electron chi connectivity index (χ4n) is 2.17. The molecule has 2 aliphatic rings. The van der Waals surface area contributed by atoms with Gasteiger partial charge in [-0.05, 0) is 18.2 Å². The number of sulfonamides is 1. The summed E-state index contributed by atoms with van der Waals surface area (Å²) in [5.74, 6) is 0.801. The Kier molecular flexibility index (Phi) is 2.70. The molecule has 2 aliphatic heterocycles. The molecule has 0 aromatic heterocycles. The van der Waals surface area contributed by atoms with Gasteiger partial charge in [-0.15, -0.1) is 4.40 Å². The van der Waals surface area contributed by atoms with Crippen molar-refractivity contribution in [3.05, 3.63) is 35.2 Å². The number of ether oxygens (including phenoxy) is 1. The number of benzene rings is 1. The van der Waals surface area contributed by atoms with E-state index in [1.54, 1.807) is 0 Å². The summed E-state index contributed by atoms with van der Waals surface area (Å²) in [5.41, 5.74) is 6.34. The van der Waals surface area contributed by atoms with Crippen LogP contribution >= 0.6 is 0 Å². The molecule has 6 nitrogen and oxygen atoms in total. The van der Waals surface area contributed by atoms with Crippen molar-refractivity contribution in [2.24, 2.45) is 10.1 Å². The maximum absolute atomic E-state index is 11.8. The highest BCUT2D eigenvalue weighted by atomic mass is 32.2. The number of nitrogens with two attached hydrogens (primary N) is 1. The third-order valence-corrected chi connectivity index (χ3v) is 4.40. The SMILES string of the molecule is NC1=NS(=O)(=O)C(CN2CCOc3ccccc32)=C1. The number of rotatable bonds is 2. The van der Waals surface area contributed by atoms with Gasteiger partial charge in [0.15, 0.2) is 0 Å². The first-order valence-electron chi connectivity index (χ1n) is 5.84. The van der Waals surface area contributed by atoms with Crippen molar-refractivity contribution >= 4 is 21.5 Å². The molecule has 2 heterocycles. The van der Waals surface area contributed by atoms with Crippen LogP contribution in [0.15, 0.2) is 39.6 Å². The molecule has 0 saturated heterocycles. The van der Waals surface area contributed by atoms with Crippen molar-refractivity contribution in [2.75, 3.05) is 24.6 Å². The molecule has 0 bridgehead atoms. The van der Waals surface area contributed by atoms with Gasteiger partial charge >= 0.3 is 0 Å². The molecule has 100 valence electrons. The lowest BCUT2D eigenvalue weighted by Crippen LogP contribution is -2.34. The molecular formula is C12H13N3O3S. The number of fused-ring (bicyclic) bond motifs is 1. The summed E-state index contributed by atoms with van der Waals surface area (Å²) in [5, 5.41) is 0. The zero-order valence-electron chi connectivity index (χ0n) is 10.1. The van der Waals surface area contributed by atoms with Gasteiger partial charge in [-0.25, -0.2) is 0 Å². The Morgan fingerprint density at radius 3 is 2.89 bits per heavy atom. The molecule has 3 rings (SSSR count). The summed E-state index contributed by atoms with van der Waals surface area (Å²) in [6, 6.07) is 7.54. The van der Waals surface area contributed by atoms with Crippen LogP contribution in [0.1, 0.15) is 0 Å². The van der Waals surface area contributed by atoms with Crippen LogP contribution in [-0.4, -0.2) is 33.9 Å². The first-order valence-corrected chi connectivity index (χ1v) is 7.28. The molecule has 0 radical (unpaired) electrons. The van der Waals surface area contributed by atoms with Crippen molar-refractivity contribution in [1.29, 1.82) is 0 Å². The zero-order valence-corrected chi connectivity index (χ0v) is 10.9. The van der Waals surface area contributed by atoms with Crippen LogP contribution in [0.3, 0.4) is 0 Å². The lowest BCUT2D eigenvalue weighted by molar-refractivity contribution is 0.309. The average Bonchev–Trinajstić information content (AvgIpc) is 2.62. The fourth-order valence-corrected chi connectivity index (χ4v) is 3.21. The Morgan fingerprint density at radius 2 is 2.16 bits per heavy atom. The quantitative estimate of drug-likeness (QED) is 0.850. The van der Waals surface area contributed by atoms with E-state index >= 15 is 0 Å². The Labute approximate surface area is 111 Å². The van der Waals surface area contributed by atoms with Gasteiger partial charge in [-0.2, -0.15) is 8.42 Å². The second kappa shape index (κ2) is 4.27. The Hall–Kier alpha value is -2.02. The lowest BCUT2D eigenvalue weighted by atomic mass is 10.2. The van der Waals surface area contributed by atoms with Crippen molar-refractivity contribution in [1.82, 2.24) is 0 Å². The van der Waals surface area contributed by atoms with Crippen LogP contribution in [0.25, 0.3) is 0 Å². The monoisotopic (exact) mass is 279 g/mol. The molecule has 0 unspecified atom stereocenters. The smallest absolute Gasteiger partial charge is 0.282 e. The molecule has 0 amide bonds. The van der Waals surface area contributed by atoms with E-state index in [2.05, 4.69) is 4.40 Å². The normalized spacial score (nSPS) is 20.3. The van der Waals surface area contributed by atoms with Crippen LogP contribution in [0.4, 0.5) is 5.69 Å². The maximum Gasteiger partial charge on any atom is 0.282 e. The van der Waals surface area contributed by atoms with Gasteiger partial charge in [0.05, 0.1) is 23.7 Å². The Balaban J connectivity index is 1.89. The van der Waals surface area contributed by atoms with Crippen LogP contribution in [-0.2, 0) is 10.0 Å². The third-order valence-electron chi connectivity index (χ3n) is 3.04. The highest BCUT2D eigenvalue weighted by Gasteiger charge is 2.27. The summed E-state index contributed by atoms with van der Waals surface area (Å²) < 4.78 is 32.5. The molecule has 0 aliphatic carbocycles.